The number of nitrogens with one attached hydrogen (secondary N) is 2. The highest BCUT2D eigenvalue weighted by Crippen LogP contribution is 2.08. The van der Waals surface area contributed by atoms with Crippen LogP contribution in [0.25, 0.3) is 0 Å². The second-order valence-electron chi connectivity index (χ2n) is 6.06. The maximum atomic E-state index is 11.5. The standard InChI is InChI=1S/C12H22N2O6/c1-11(2,3)19-9(17)13-7(8(15)16)14-10(18)20-12(4,5)6/h7H,1-6H3,(H,13,17)(H,14,18)(H,15,16). The van der Waals surface area contributed by atoms with Crippen molar-refractivity contribution in [3.8, 4) is 0 Å². The Balaban J connectivity index is 4.56. The lowest BCUT2D eigenvalue weighted by Crippen LogP contribution is -2.54. The summed E-state index contributed by atoms with van der Waals surface area (Å²) in [5, 5.41) is 13.0. The number of rotatable bonds is 3. The van der Waals surface area contributed by atoms with Gasteiger partial charge in [0.15, 0.2) is 0 Å². The van der Waals surface area contributed by atoms with E-state index in [1.807, 2.05) is 10.6 Å². The van der Waals surface area contributed by atoms with Gasteiger partial charge in [0.1, 0.15) is 11.2 Å². The maximum absolute atomic E-state index is 11.5. The van der Waals surface area contributed by atoms with Crippen molar-refractivity contribution in [3.63, 3.8) is 0 Å². The molecule has 0 radical (unpaired) electrons. The number of carbonyl (C=O) groups excluding carboxylic acids is 2. The molecule has 8 nitrogen and oxygen atoms in total. The number of hydrogen-bond acceptors (Lipinski definition) is 5. The molecule has 0 spiro atoms. The SMILES string of the molecule is CC(C)(C)OC(=O)NC(NC(=O)OC(C)(C)C)C(=O)O. The van der Waals surface area contributed by atoms with Gasteiger partial charge < -0.3 is 14.6 Å². The zero-order valence-corrected chi connectivity index (χ0v) is 12.6. The Morgan fingerprint density at radius 1 is 0.850 bits per heavy atom. The van der Waals surface area contributed by atoms with Crippen LogP contribution in [0.15, 0.2) is 0 Å². The molecule has 0 aromatic rings. The summed E-state index contributed by atoms with van der Waals surface area (Å²) in [5.41, 5.74) is -1.56. The number of amides is 2. The third-order valence-corrected chi connectivity index (χ3v) is 1.57. The van der Waals surface area contributed by atoms with E-state index < -0.39 is 35.5 Å². The molecular weight excluding hydrogens is 268 g/mol. The van der Waals surface area contributed by atoms with E-state index in [1.54, 1.807) is 41.5 Å². The molecule has 0 bridgehead atoms. The summed E-state index contributed by atoms with van der Waals surface area (Å²) in [4.78, 5) is 33.9. The molecule has 0 fully saturated rings. The summed E-state index contributed by atoms with van der Waals surface area (Å²) >= 11 is 0. The first-order chi connectivity index (χ1) is 8.80. The minimum absolute atomic E-state index is 0.779. The maximum Gasteiger partial charge on any atom is 0.409 e. The van der Waals surface area contributed by atoms with Gasteiger partial charge in [0.05, 0.1) is 0 Å². The van der Waals surface area contributed by atoms with Crippen LogP contribution in [0.3, 0.4) is 0 Å². The topological polar surface area (TPSA) is 114 Å². The van der Waals surface area contributed by atoms with Crippen molar-refractivity contribution in [2.45, 2.75) is 58.9 Å². The molecule has 0 saturated carbocycles. The number of alkyl carbamates (subject to hydrolysis) is 2. The van der Waals surface area contributed by atoms with Crippen LogP contribution in [0.2, 0.25) is 0 Å². The number of carboxylic acids is 1. The molecule has 0 unspecified atom stereocenters. The Labute approximate surface area is 117 Å². The van der Waals surface area contributed by atoms with Crippen LogP contribution < -0.4 is 10.6 Å². The van der Waals surface area contributed by atoms with Crippen molar-refractivity contribution in [3.05, 3.63) is 0 Å². The molecule has 2 amide bonds. The van der Waals surface area contributed by atoms with E-state index >= 15 is 0 Å². The number of aliphatic carboxylic acids is 1. The fraction of sp³-hybridized carbons (Fsp3) is 0.750. The molecule has 3 N–H and O–H groups in total. The van der Waals surface area contributed by atoms with Gasteiger partial charge in [-0.15, -0.1) is 0 Å². The van der Waals surface area contributed by atoms with Gasteiger partial charge in [-0.1, -0.05) is 0 Å². The Hall–Kier alpha value is -1.99. The Bertz CT molecular complexity index is 350. The van der Waals surface area contributed by atoms with E-state index in [1.165, 1.54) is 0 Å². The van der Waals surface area contributed by atoms with E-state index in [-0.39, 0.29) is 0 Å². The first-order valence-corrected chi connectivity index (χ1v) is 6.02. The summed E-state index contributed by atoms with van der Waals surface area (Å²) < 4.78 is 9.79. The van der Waals surface area contributed by atoms with Crippen molar-refractivity contribution in [2.24, 2.45) is 0 Å². The monoisotopic (exact) mass is 290 g/mol. The zero-order chi connectivity index (χ0) is 16.1. The average molecular weight is 290 g/mol. The molecule has 0 saturated heterocycles. The fourth-order valence-corrected chi connectivity index (χ4v) is 1.01. The highest BCUT2D eigenvalue weighted by atomic mass is 16.6. The molecule has 20 heavy (non-hydrogen) atoms. The lowest BCUT2D eigenvalue weighted by molar-refractivity contribution is -0.140. The van der Waals surface area contributed by atoms with Crippen molar-refractivity contribution in [2.75, 3.05) is 0 Å². The van der Waals surface area contributed by atoms with E-state index in [2.05, 4.69) is 0 Å². The summed E-state index contributed by atoms with van der Waals surface area (Å²) in [5.74, 6) is -1.44. The van der Waals surface area contributed by atoms with Crippen molar-refractivity contribution in [1.82, 2.24) is 10.6 Å². The van der Waals surface area contributed by atoms with Gasteiger partial charge in [-0.25, -0.2) is 14.4 Å². The van der Waals surface area contributed by atoms with Crippen LogP contribution in [0.5, 0.6) is 0 Å². The van der Waals surface area contributed by atoms with E-state index in [4.69, 9.17) is 14.6 Å². The smallest absolute Gasteiger partial charge is 0.409 e. The largest absolute Gasteiger partial charge is 0.478 e. The predicted octanol–water partition coefficient (Wildman–Crippen LogP) is 1.45. The molecule has 8 heteroatoms. The van der Waals surface area contributed by atoms with E-state index in [0.29, 0.717) is 0 Å². The minimum Gasteiger partial charge on any atom is -0.478 e. The van der Waals surface area contributed by atoms with Crippen LogP contribution in [0, 0.1) is 0 Å². The Kier molecular flexibility index (Phi) is 5.80. The third kappa shape index (κ3) is 9.01. The molecule has 0 aliphatic carbocycles. The molecule has 0 aliphatic heterocycles. The lowest BCUT2D eigenvalue weighted by Gasteiger charge is -2.24. The number of ether oxygens (including phenoxy) is 2. The van der Waals surface area contributed by atoms with Crippen molar-refractivity contribution in [1.29, 1.82) is 0 Å². The van der Waals surface area contributed by atoms with Crippen LogP contribution in [0.4, 0.5) is 9.59 Å². The summed E-state index contributed by atoms with van der Waals surface area (Å²) in [6.45, 7) is 9.77. The van der Waals surface area contributed by atoms with Crippen LogP contribution >= 0.6 is 0 Å². The predicted molar refractivity (Wildman–Crippen MR) is 70.2 cm³/mol. The second-order valence-corrected chi connectivity index (χ2v) is 6.06. The molecular formula is C12H22N2O6. The summed E-state index contributed by atoms with van der Waals surface area (Å²) in [6.07, 6.45) is -3.55. The van der Waals surface area contributed by atoms with Gasteiger partial charge in [-0.05, 0) is 41.5 Å². The Morgan fingerprint density at radius 3 is 1.35 bits per heavy atom. The highest BCUT2D eigenvalue weighted by Gasteiger charge is 2.27. The first kappa shape index (κ1) is 18.0. The first-order valence-electron chi connectivity index (χ1n) is 6.02. The van der Waals surface area contributed by atoms with Crippen molar-refractivity contribution < 1.29 is 29.0 Å². The average Bonchev–Trinajstić information content (AvgIpc) is 2.09. The van der Waals surface area contributed by atoms with E-state index in [9.17, 15) is 14.4 Å². The fourth-order valence-electron chi connectivity index (χ4n) is 1.01. The molecule has 0 aromatic carbocycles. The van der Waals surface area contributed by atoms with Gasteiger partial charge in [0.25, 0.3) is 0 Å². The van der Waals surface area contributed by atoms with Gasteiger partial charge in [0, 0.05) is 0 Å². The summed E-state index contributed by atoms with van der Waals surface area (Å²) in [7, 11) is 0. The molecule has 0 atom stereocenters. The lowest BCUT2D eigenvalue weighted by atomic mass is 10.2. The molecule has 0 aliphatic rings. The van der Waals surface area contributed by atoms with Gasteiger partial charge in [0.2, 0.25) is 6.17 Å². The van der Waals surface area contributed by atoms with Gasteiger partial charge in [-0.3, -0.25) is 10.6 Å². The van der Waals surface area contributed by atoms with Gasteiger partial charge >= 0.3 is 18.2 Å². The second kappa shape index (κ2) is 6.44. The van der Waals surface area contributed by atoms with Crippen LogP contribution in [0.1, 0.15) is 41.5 Å². The molecule has 0 rings (SSSR count). The number of carbonyl (C=O) groups is 3. The third-order valence-electron chi connectivity index (χ3n) is 1.57. The normalized spacial score (nSPS) is 11.8. The van der Waals surface area contributed by atoms with Gasteiger partial charge in [-0.2, -0.15) is 0 Å². The molecule has 116 valence electrons. The number of hydrogen-bond donors (Lipinski definition) is 3. The molecule has 0 heterocycles. The van der Waals surface area contributed by atoms with Crippen molar-refractivity contribution >= 4 is 18.2 Å². The minimum atomic E-state index is -1.64. The van der Waals surface area contributed by atoms with Crippen LogP contribution in [-0.2, 0) is 14.3 Å². The summed E-state index contributed by atoms with van der Waals surface area (Å²) in [6, 6.07) is 0. The quantitative estimate of drug-likeness (QED) is 0.678. The molecule has 0 aromatic heterocycles. The highest BCUT2D eigenvalue weighted by molar-refractivity contribution is 5.83. The number of carboxylic acid groups (broad SMARTS) is 1. The Morgan fingerprint density at radius 2 is 1.15 bits per heavy atom. The van der Waals surface area contributed by atoms with E-state index in [0.717, 1.165) is 0 Å². The zero-order valence-electron chi connectivity index (χ0n) is 12.6. The van der Waals surface area contributed by atoms with Crippen LogP contribution in [-0.4, -0.2) is 40.6 Å².